The fourth-order valence-electron chi connectivity index (χ4n) is 0.519. The summed E-state index contributed by atoms with van der Waals surface area (Å²) in [5.41, 5.74) is -1.37. The Hall–Kier alpha value is -0.570. The molecular weight excluding hydrogens is 204 g/mol. The smallest absolute Gasteiger partial charge is 0.311 e. The quantitative estimate of drug-likeness (QED) is 0.542. The van der Waals surface area contributed by atoms with E-state index in [0.29, 0.717) is 0 Å². The lowest BCUT2D eigenvalue weighted by Crippen LogP contribution is -2.31. The van der Waals surface area contributed by atoms with E-state index in [9.17, 15) is 9.59 Å². The molecule has 0 aromatic carbocycles. The zero-order valence-electron chi connectivity index (χ0n) is 9.31. The van der Waals surface area contributed by atoms with E-state index in [2.05, 4.69) is 0 Å². The first-order valence-electron chi connectivity index (χ1n) is 4.44. The second kappa shape index (κ2) is 4.30. The summed E-state index contributed by atoms with van der Waals surface area (Å²) in [5, 5.41) is -0.501. The highest BCUT2D eigenvalue weighted by Gasteiger charge is 2.30. The third-order valence-corrected chi connectivity index (χ3v) is 2.22. The van der Waals surface area contributed by atoms with Crippen molar-refractivity contribution in [3.05, 3.63) is 0 Å². The molecule has 0 atom stereocenters. The van der Waals surface area contributed by atoms with Crippen LogP contribution in [0.3, 0.4) is 0 Å². The van der Waals surface area contributed by atoms with Crippen molar-refractivity contribution in [1.82, 2.24) is 0 Å². The Balaban J connectivity index is 4.21. The second-order valence-corrected chi connectivity index (χ2v) is 5.33. The standard InChI is InChI=1S/C10H17ClO3/c1-9(2,3)8(13)14-6-10(4,5)7(11)12/h6H2,1-5H3. The van der Waals surface area contributed by atoms with Crippen LogP contribution in [0.5, 0.6) is 0 Å². The van der Waals surface area contributed by atoms with Gasteiger partial charge in [-0.3, -0.25) is 9.59 Å². The molecule has 0 aliphatic rings. The number of hydrogen-bond donors (Lipinski definition) is 0. The summed E-state index contributed by atoms with van der Waals surface area (Å²) in [6.07, 6.45) is 0. The highest BCUT2D eigenvalue weighted by Crippen LogP contribution is 2.22. The SMILES string of the molecule is CC(C)(C)C(=O)OCC(C)(C)C(=O)Cl. The van der Waals surface area contributed by atoms with Gasteiger partial charge in [0.1, 0.15) is 6.61 Å². The summed E-state index contributed by atoms with van der Waals surface area (Å²) in [6, 6.07) is 0. The Kier molecular flexibility index (Phi) is 4.13. The summed E-state index contributed by atoms with van der Waals surface area (Å²) in [7, 11) is 0. The molecule has 0 aliphatic carbocycles. The van der Waals surface area contributed by atoms with Gasteiger partial charge in [-0.15, -0.1) is 0 Å². The van der Waals surface area contributed by atoms with Crippen molar-refractivity contribution < 1.29 is 14.3 Å². The van der Waals surface area contributed by atoms with Crippen LogP contribution >= 0.6 is 11.6 Å². The molecule has 0 aromatic heterocycles. The third-order valence-electron chi connectivity index (χ3n) is 1.71. The van der Waals surface area contributed by atoms with Crippen molar-refractivity contribution in [3.8, 4) is 0 Å². The van der Waals surface area contributed by atoms with Crippen molar-refractivity contribution in [2.24, 2.45) is 10.8 Å². The molecule has 0 bridgehead atoms. The van der Waals surface area contributed by atoms with E-state index in [1.165, 1.54) is 0 Å². The highest BCUT2D eigenvalue weighted by molar-refractivity contribution is 6.64. The van der Waals surface area contributed by atoms with Gasteiger partial charge in [0, 0.05) is 0 Å². The molecule has 0 saturated carbocycles. The van der Waals surface area contributed by atoms with Crippen molar-refractivity contribution in [1.29, 1.82) is 0 Å². The molecular formula is C10H17ClO3. The third kappa shape index (κ3) is 4.09. The maximum absolute atomic E-state index is 11.4. The topological polar surface area (TPSA) is 43.4 Å². The number of halogens is 1. The molecule has 0 saturated heterocycles. The lowest BCUT2D eigenvalue weighted by Gasteiger charge is -2.22. The van der Waals surface area contributed by atoms with E-state index in [4.69, 9.17) is 16.3 Å². The molecule has 0 aromatic rings. The predicted octanol–water partition coefficient (Wildman–Crippen LogP) is 2.37. The number of esters is 1. The summed E-state index contributed by atoms with van der Waals surface area (Å²) in [5.74, 6) is -0.330. The van der Waals surface area contributed by atoms with Gasteiger partial charge in [0.25, 0.3) is 0 Å². The Morgan fingerprint density at radius 2 is 1.57 bits per heavy atom. The van der Waals surface area contributed by atoms with E-state index >= 15 is 0 Å². The second-order valence-electron chi connectivity index (χ2n) is 4.98. The molecule has 14 heavy (non-hydrogen) atoms. The van der Waals surface area contributed by atoms with Crippen molar-refractivity contribution in [2.75, 3.05) is 6.61 Å². The van der Waals surface area contributed by atoms with Crippen LogP contribution in [-0.2, 0) is 14.3 Å². The molecule has 0 unspecified atom stereocenters. The normalized spacial score (nSPS) is 12.4. The number of carbonyl (C=O) groups excluding carboxylic acids is 2. The average Bonchev–Trinajstić information content (AvgIpc) is 1.98. The molecule has 82 valence electrons. The van der Waals surface area contributed by atoms with Gasteiger partial charge in [0.2, 0.25) is 5.24 Å². The molecule has 0 aliphatic heterocycles. The largest absolute Gasteiger partial charge is 0.464 e. The van der Waals surface area contributed by atoms with Gasteiger partial charge in [-0.05, 0) is 46.2 Å². The Morgan fingerprint density at radius 3 is 1.86 bits per heavy atom. The molecule has 0 fully saturated rings. The van der Waals surface area contributed by atoms with Crippen molar-refractivity contribution in [3.63, 3.8) is 0 Å². The first-order valence-corrected chi connectivity index (χ1v) is 4.82. The molecule has 3 nitrogen and oxygen atoms in total. The van der Waals surface area contributed by atoms with Crippen LogP contribution in [0.4, 0.5) is 0 Å². The Bertz CT molecular complexity index is 238. The monoisotopic (exact) mass is 220 g/mol. The van der Waals surface area contributed by atoms with E-state index in [-0.39, 0.29) is 12.6 Å². The fourth-order valence-corrected chi connectivity index (χ4v) is 0.574. The molecule has 0 amide bonds. The van der Waals surface area contributed by atoms with Crippen LogP contribution in [0.1, 0.15) is 34.6 Å². The fraction of sp³-hybridized carbons (Fsp3) is 0.800. The molecule has 0 spiro atoms. The van der Waals surface area contributed by atoms with Crippen LogP contribution in [0.2, 0.25) is 0 Å². The molecule has 0 heterocycles. The minimum Gasteiger partial charge on any atom is -0.464 e. The Labute approximate surface area is 89.8 Å². The van der Waals surface area contributed by atoms with Gasteiger partial charge in [-0.25, -0.2) is 0 Å². The van der Waals surface area contributed by atoms with Crippen LogP contribution in [0.25, 0.3) is 0 Å². The molecule has 0 radical (unpaired) electrons. The van der Waals surface area contributed by atoms with Crippen molar-refractivity contribution >= 4 is 22.8 Å². The van der Waals surface area contributed by atoms with Gasteiger partial charge in [-0.2, -0.15) is 0 Å². The van der Waals surface area contributed by atoms with E-state index in [1.54, 1.807) is 34.6 Å². The highest BCUT2D eigenvalue weighted by atomic mass is 35.5. The van der Waals surface area contributed by atoms with Gasteiger partial charge in [0.05, 0.1) is 10.8 Å². The Morgan fingerprint density at radius 1 is 1.14 bits per heavy atom. The summed E-state index contributed by atoms with van der Waals surface area (Å²) < 4.78 is 4.99. The van der Waals surface area contributed by atoms with E-state index < -0.39 is 16.1 Å². The first kappa shape index (κ1) is 13.4. The van der Waals surface area contributed by atoms with E-state index in [0.717, 1.165) is 0 Å². The average molecular weight is 221 g/mol. The number of rotatable bonds is 3. The number of ether oxygens (including phenoxy) is 1. The maximum atomic E-state index is 11.4. The van der Waals surface area contributed by atoms with Gasteiger partial charge in [-0.1, -0.05) is 0 Å². The van der Waals surface area contributed by atoms with E-state index in [1.807, 2.05) is 0 Å². The summed E-state index contributed by atoms with van der Waals surface area (Å²) in [6.45, 7) is 8.56. The number of carbonyl (C=O) groups is 2. The van der Waals surface area contributed by atoms with Crippen molar-refractivity contribution in [2.45, 2.75) is 34.6 Å². The van der Waals surface area contributed by atoms with Crippen LogP contribution in [0, 0.1) is 10.8 Å². The molecule has 4 heteroatoms. The lowest BCUT2D eigenvalue weighted by molar-refractivity contribution is -0.156. The van der Waals surface area contributed by atoms with Gasteiger partial charge in [0.15, 0.2) is 0 Å². The number of hydrogen-bond acceptors (Lipinski definition) is 3. The van der Waals surface area contributed by atoms with Gasteiger partial charge < -0.3 is 4.74 Å². The maximum Gasteiger partial charge on any atom is 0.311 e. The van der Waals surface area contributed by atoms with Gasteiger partial charge >= 0.3 is 5.97 Å². The minimum absolute atomic E-state index is 0.0193. The lowest BCUT2D eigenvalue weighted by atomic mass is 9.95. The summed E-state index contributed by atoms with van der Waals surface area (Å²) >= 11 is 5.34. The molecule has 0 rings (SSSR count). The summed E-state index contributed by atoms with van der Waals surface area (Å²) in [4.78, 5) is 22.3. The molecule has 0 N–H and O–H groups in total. The zero-order valence-corrected chi connectivity index (χ0v) is 10.1. The van der Waals surface area contributed by atoms with Crippen LogP contribution in [0.15, 0.2) is 0 Å². The van der Waals surface area contributed by atoms with Crippen LogP contribution < -0.4 is 0 Å². The minimum atomic E-state index is -0.817. The van der Waals surface area contributed by atoms with Crippen LogP contribution in [-0.4, -0.2) is 17.8 Å². The first-order chi connectivity index (χ1) is 6.07. The zero-order chi connectivity index (χ0) is 11.6. The predicted molar refractivity (Wildman–Crippen MR) is 55.1 cm³/mol.